The number of carbonyl (C=O) groups is 1. The Balaban J connectivity index is 1.78. The van der Waals surface area contributed by atoms with Gasteiger partial charge in [-0.05, 0) is 45.2 Å². The minimum atomic E-state index is -0.0884. The summed E-state index contributed by atoms with van der Waals surface area (Å²) >= 11 is 0. The number of nitrogens with one attached hydrogen (secondary N) is 1. The summed E-state index contributed by atoms with van der Waals surface area (Å²) in [6, 6.07) is 0.562. The van der Waals surface area contributed by atoms with Gasteiger partial charge in [0.05, 0.1) is 6.10 Å². The average molecular weight is 254 g/mol. The van der Waals surface area contributed by atoms with Crippen molar-refractivity contribution < 1.29 is 9.90 Å². The SMILES string of the molecule is CNC(=O)CCCN1CCCC1C1CCCC1O. The van der Waals surface area contributed by atoms with E-state index in [0.29, 0.717) is 18.4 Å². The summed E-state index contributed by atoms with van der Waals surface area (Å²) in [4.78, 5) is 13.7. The van der Waals surface area contributed by atoms with Crippen molar-refractivity contribution in [1.29, 1.82) is 0 Å². The average Bonchev–Trinajstić information content (AvgIpc) is 2.97. The maximum absolute atomic E-state index is 11.2. The number of amides is 1. The Kier molecular flexibility index (Phi) is 5.01. The summed E-state index contributed by atoms with van der Waals surface area (Å²) in [6.07, 6.45) is 7.26. The predicted octanol–water partition coefficient (Wildman–Crippen LogP) is 1.14. The van der Waals surface area contributed by atoms with Crippen LogP contribution < -0.4 is 5.32 Å². The second-order valence-electron chi connectivity index (χ2n) is 5.68. The third-order valence-electron chi connectivity index (χ3n) is 4.57. The summed E-state index contributed by atoms with van der Waals surface area (Å²) in [5.74, 6) is 0.610. The first-order chi connectivity index (χ1) is 8.72. The van der Waals surface area contributed by atoms with E-state index in [1.165, 1.54) is 25.7 Å². The number of nitrogens with zero attached hydrogens (tertiary/aromatic N) is 1. The van der Waals surface area contributed by atoms with Crippen LogP contribution in [0.2, 0.25) is 0 Å². The second-order valence-corrected chi connectivity index (χ2v) is 5.68. The molecule has 2 rings (SSSR count). The lowest BCUT2D eigenvalue weighted by molar-refractivity contribution is -0.120. The quantitative estimate of drug-likeness (QED) is 0.773. The van der Waals surface area contributed by atoms with Crippen LogP contribution in [0.1, 0.15) is 44.9 Å². The van der Waals surface area contributed by atoms with Gasteiger partial charge in [0.2, 0.25) is 5.91 Å². The van der Waals surface area contributed by atoms with E-state index in [9.17, 15) is 9.90 Å². The van der Waals surface area contributed by atoms with Gasteiger partial charge in [0, 0.05) is 25.4 Å². The van der Waals surface area contributed by atoms with Crippen LogP contribution in [0.3, 0.4) is 0 Å². The smallest absolute Gasteiger partial charge is 0.219 e. The molecule has 2 fully saturated rings. The molecule has 2 N–H and O–H groups in total. The number of aliphatic hydroxyl groups excluding tert-OH is 1. The van der Waals surface area contributed by atoms with E-state index in [1.54, 1.807) is 7.05 Å². The highest BCUT2D eigenvalue weighted by Gasteiger charge is 2.37. The Morgan fingerprint density at radius 2 is 2.17 bits per heavy atom. The Bertz CT molecular complexity index is 283. The third kappa shape index (κ3) is 3.23. The van der Waals surface area contributed by atoms with Crippen molar-refractivity contribution in [1.82, 2.24) is 10.2 Å². The normalized spacial score (nSPS) is 32.9. The van der Waals surface area contributed by atoms with Gasteiger partial charge in [-0.3, -0.25) is 9.69 Å². The Morgan fingerprint density at radius 3 is 2.83 bits per heavy atom. The molecule has 4 heteroatoms. The number of hydrogen-bond donors (Lipinski definition) is 2. The second kappa shape index (κ2) is 6.53. The largest absolute Gasteiger partial charge is 0.393 e. The molecular weight excluding hydrogens is 228 g/mol. The van der Waals surface area contributed by atoms with Gasteiger partial charge in [-0.15, -0.1) is 0 Å². The molecule has 3 atom stereocenters. The number of rotatable bonds is 5. The fourth-order valence-corrected chi connectivity index (χ4v) is 3.60. The summed E-state index contributed by atoms with van der Waals surface area (Å²) in [5.41, 5.74) is 0. The van der Waals surface area contributed by atoms with Crippen LogP contribution >= 0.6 is 0 Å². The van der Waals surface area contributed by atoms with Gasteiger partial charge < -0.3 is 10.4 Å². The lowest BCUT2D eigenvalue weighted by atomic mass is 9.94. The lowest BCUT2D eigenvalue weighted by Gasteiger charge is -2.31. The van der Waals surface area contributed by atoms with Crippen LogP contribution in [0.5, 0.6) is 0 Å². The Hall–Kier alpha value is -0.610. The number of aliphatic hydroxyl groups is 1. The van der Waals surface area contributed by atoms with E-state index in [2.05, 4.69) is 10.2 Å². The zero-order valence-electron chi connectivity index (χ0n) is 11.4. The van der Waals surface area contributed by atoms with Gasteiger partial charge in [-0.25, -0.2) is 0 Å². The summed E-state index contributed by atoms with van der Waals surface area (Å²) in [5, 5.41) is 12.7. The molecule has 0 aromatic heterocycles. The van der Waals surface area contributed by atoms with Gasteiger partial charge >= 0.3 is 0 Å². The molecule has 0 aromatic rings. The molecule has 1 amide bonds. The van der Waals surface area contributed by atoms with Crippen LogP contribution in [0.25, 0.3) is 0 Å². The highest BCUT2D eigenvalue weighted by molar-refractivity contribution is 5.75. The molecule has 0 bridgehead atoms. The van der Waals surface area contributed by atoms with Crippen LogP contribution in [-0.2, 0) is 4.79 Å². The fraction of sp³-hybridized carbons (Fsp3) is 0.929. The molecular formula is C14H26N2O2. The topological polar surface area (TPSA) is 52.6 Å². The minimum absolute atomic E-state index is 0.0884. The first-order valence-corrected chi connectivity index (χ1v) is 7.35. The van der Waals surface area contributed by atoms with Gasteiger partial charge in [-0.2, -0.15) is 0 Å². The zero-order chi connectivity index (χ0) is 13.0. The summed E-state index contributed by atoms with van der Waals surface area (Å²) < 4.78 is 0. The van der Waals surface area contributed by atoms with Crippen molar-refractivity contribution >= 4 is 5.91 Å². The van der Waals surface area contributed by atoms with E-state index >= 15 is 0 Å². The van der Waals surface area contributed by atoms with Crippen LogP contribution in [-0.4, -0.2) is 48.2 Å². The van der Waals surface area contributed by atoms with Crippen molar-refractivity contribution in [2.45, 2.75) is 57.1 Å². The monoisotopic (exact) mass is 254 g/mol. The van der Waals surface area contributed by atoms with Crippen LogP contribution in [0, 0.1) is 5.92 Å². The molecule has 1 saturated heterocycles. The first kappa shape index (κ1) is 13.8. The standard InChI is InChI=1S/C14H26N2O2/c1-15-14(18)8-4-10-16-9-3-6-12(16)11-5-2-7-13(11)17/h11-13,17H,2-10H2,1H3,(H,15,18). The molecule has 0 radical (unpaired) electrons. The number of carbonyl (C=O) groups excluding carboxylic acids is 1. The zero-order valence-corrected chi connectivity index (χ0v) is 11.4. The third-order valence-corrected chi connectivity index (χ3v) is 4.57. The van der Waals surface area contributed by atoms with E-state index in [-0.39, 0.29) is 12.0 Å². The molecule has 3 unspecified atom stereocenters. The highest BCUT2D eigenvalue weighted by Crippen LogP contribution is 2.35. The van der Waals surface area contributed by atoms with E-state index in [1.807, 2.05) is 0 Å². The molecule has 1 heterocycles. The van der Waals surface area contributed by atoms with Gasteiger partial charge in [-0.1, -0.05) is 6.42 Å². The van der Waals surface area contributed by atoms with Crippen LogP contribution in [0.4, 0.5) is 0 Å². The number of likely N-dealkylation sites (tertiary alicyclic amines) is 1. The molecule has 0 spiro atoms. The Labute approximate surface area is 110 Å². The predicted molar refractivity (Wildman–Crippen MR) is 71.2 cm³/mol. The Morgan fingerprint density at radius 1 is 1.33 bits per heavy atom. The molecule has 18 heavy (non-hydrogen) atoms. The molecule has 0 aromatic carbocycles. The van der Waals surface area contributed by atoms with Gasteiger partial charge in [0.25, 0.3) is 0 Å². The van der Waals surface area contributed by atoms with E-state index < -0.39 is 0 Å². The van der Waals surface area contributed by atoms with Gasteiger partial charge in [0.1, 0.15) is 0 Å². The summed E-state index contributed by atoms with van der Waals surface area (Å²) in [7, 11) is 1.69. The molecule has 2 aliphatic rings. The molecule has 1 aliphatic carbocycles. The van der Waals surface area contributed by atoms with Crippen molar-refractivity contribution in [3.63, 3.8) is 0 Å². The lowest BCUT2D eigenvalue weighted by Crippen LogP contribution is -2.39. The van der Waals surface area contributed by atoms with E-state index in [0.717, 1.165) is 25.9 Å². The molecule has 1 aliphatic heterocycles. The van der Waals surface area contributed by atoms with Gasteiger partial charge in [0.15, 0.2) is 0 Å². The highest BCUT2D eigenvalue weighted by atomic mass is 16.3. The maximum Gasteiger partial charge on any atom is 0.219 e. The fourth-order valence-electron chi connectivity index (χ4n) is 3.60. The van der Waals surface area contributed by atoms with Crippen molar-refractivity contribution in [3.8, 4) is 0 Å². The van der Waals surface area contributed by atoms with Crippen molar-refractivity contribution in [2.75, 3.05) is 20.1 Å². The summed E-state index contributed by atoms with van der Waals surface area (Å²) in [6.45, 7) is 2.14. The first-order valence-electron chi connectivity index (χ1n) is 7.35. The van der Waals surface area contributed by atoms with Crippen molar-refractivity contribution in [2.24, 2.45) is 5.92 Å². The molecule has 1 saturated carbocycles. The van der Waals surface area contributed by atoms with Crippen molar-refractivity contribution in [3.05, 3.63) is 0 Å². The maximum atomic E-state index is 11.2. The number of hydrogen-bond acceptors (Lipinski definition) is 3. The minimum Gasteiger partial charge on any atom is -0.393 e. The molecule has 4 nitrogen and oxygen atoms in total. The molecule has 104 valence electrons. The van der Waals surface area contributed by atoms with E-state index in [4.69, 9.17) is 0 Å². The van der Waals surface area contributed by atoms with Crippen LogP contribution in [0.15, 0.2) is 0 Å².